The Morgan fingerprint density at radius 2 is 2.27 bits per heavy atom. The summed E-state index contributed by atoms with van der Waals surface area (Å²) in [5.74, 6) is 0. The second-order valence-electron chi connectivity index (χ2n) is 2.45. The first kappa shape index (κ1) is 9.75. The molecule has 0 saturated heterocycles. The SMILES string of the molecule is Cc1cc(CCCBr)c(Br)s1. The van der Waals surface area contributed by atoms with Crippen LogP contribution >= 0.6 is 43.2 Å². The number of hydrogen-bond donors (Lipinski definition) is 0. The molecule has 62 valence electrons. The molecule has 0 N–H and O–H groups in total. The minimum atomic E-state index is 1.09. The second kappa shape index (κ2) is 4.63. The van der Waals surface area contributed by atoms with Gasteiger partial charge in [0.05, 0.1) is 3.79 Å². The highest BCUT2D eigenvalue weighted by Crippen LogP contribution is 2.28. The zero-order valence-electron chi connectivity index (χ0n) is 6.36. The Balaban J connectivity index is 2.62. The lowest BCUT2D eigenvalue weighted by molar-refractivity contribution is 0.940. The van der Waals surface area contributed by atoms with Crippen LogP contribution in [0.4, 0.5) is 0 Å². The number of thiophene rings is 1. The zero-order chi connectivity index (χ0) is 8.27. The predicted octanol–water partition coefficient (Wildman–Crippen LogP) is 4.15. The monoisotopic (exact) mass is 296 g/mol. The summed E-state index contributed by atoms with van der Waals surface area (Å²) >= 11 is 8.80. The summed E-state index contributed by atoms with van der Waals surface area (Å²) in [7, 11) is 0. The van der Waals surface area contributed by atoms with Crippen LogP contribution in [0.5, 0.6) is 0 Å². The van der Waals surface area contributed by atoms with Crippen LogP contribution in [0.2, 0.25) is 0 Å². The first-order chi connectivity index (χ1) is 5.24. The molecule has 0 radical (unpaired) electrons. The van der Waals surface area contributed by atoms with Gasteiger partial charge in [-0.2, -0.15) is 0 Å². The Bertz CT molecular complexity index is 230. The van der Waals surface area contributed by atoms with Crippen molar-refractivity contribution in [1.29, 1.82) is 0 Å². The molecule has 0 spiro atoms. The van der Waals surface area contributed by atoms with Gasteiger partial charge < -0.3 is 0 Å². The van der Waals surface area contributed by atoms with Gasteiger partial charge in [-0.05, 0) is 47.3 Å². The Morgan fingerprint density at radius 3 is 2.73 bits per heavy atom. The molecule has 0 amide bonds. The fourth-order valence-corrected chi connectivity index (χ4v) is 3.10. The topological polar surface area (TPSA) is 0 Å². The van der Waals surface area contributed by atoms with E-state index in [1.165, 1.54) is 27.1 Å². The van der Waals surface area contributed by atoms with E-state index in [1.54, 1.807) is 0 Å². The van der Waals surface area contributed by atoms with E-state index in [9.17, 15) is 0 Å². The van der Waals surface area contributed by atoms with Gasteiger partial charge in [0.25, 0.3) is 0 Å². The molecular weight excluding hydrogens is 288 g/mol. The normalized spacial score (nSPS) is 10.5. The average molecular weight is 298 g/mol. The van der Waals surface area contributed by atoms with Gasteiger partial charge in [-0.25, -0.2) is 0 Å². The largest absolute Gasteiger partial charge is 0.133 e. The van der Waals surface area contributed by atoms with Crippen molar-refractivity contribution in [2.24, 2.45) is 0 Å². The van der Waals surface area contributed by atoms with E-state index in [4.69, 9.17) is 0 Å². The zero-order valence-corrected chi connectivity index (χ0v) is 10.4. The molecular formula is C8H10Br2S. The Kier molecular flexibility index (Phi) is 4.10. The molecule has 3 heteroatoms. The van der Waals surface area contributed by atoms with Crippen LogP contribution < -0.4 is 0 Å². The van der Waals surface area contributed by atoms with Gasteiger partial charge in [-0.3, -0.25) is 0 Å². The highest BCUT2D eigenvalue weighted by molar-refractivity contribution is 9.11. The molecule has 0 aliphatic rings. The summed E-state index contributed by atoms with van der Waals surface area (Å²) in [6.07, 6.45) is 2.39. The fraction of sp³-hybridized carbons (Fsp3) is 0.500. The maximum Gasteiger partial charge on any atom is 0.0733 e. The molecule has 0 saturated carbocycles. The van der Waals surface area contributed by atoms with Crippen molar-refractivity contribution in [2.45, 2.75) is 19.8 Å². The van der Waals surface area contributed by atoms with Gasteiger partial charge in [-0.15, -0.1) is 11.3 Å². The van der Waals surface area contributed by atoms with E-state index in [1.807, 2.05) is 11.3 Å². The maximum absolute atomic E-state index is 3.55. The molecule has 1 aromatic rings. The summed E-state index contributed by atoms with van der Waals surface area (Å²) < 4.78 is 1.30. The lowest BCUT2D eigenvalue weighted by atomic mass is 10.2. The number of hydrogen-bond acceptors (Lipinski definition) is 1. The molecule has 1 rings (SSSR count). The van der Waals surface area contributed by atoms with Crippen LogP contribution in [0.15, 0.2) is 9.85 Å². The van der Waals surface area contributed by atoms with Gasteiger partial charge in [-0.1, -0.05) is 15.9 Å². The van der Waals surface area contributed by atoms with Crippen molar-refractivity contribution in [2.75, 3.05) is 5.33 Å². The van der Waals surface area contributed by atoms with Crippen LogP contribution in [-0.4, -0.2) is 5.33 Å². The minimum Gasteiger partial charge on any atom is -0.133 e. The van der Waals surface area contributed by atoms with E-state index in [0.29, 0.717) is 0 Å². The smallest absolute Gasteiger partial charge is 0.0733 e. The third-order valence-electron chi connectivity index (χ3n) is 1.46. The van der Waals surface area contributed by atoms with Gasteiger partial charge in [0.2, 0.25) is 0 Å². The Morgan fingerprint density at radius 1 is 1.55 bits per heavy atom. The molecule has 0 bridgehead atoms. The van der Waals surface area contributed by atoms with Crippen molar-refractivity contribution < 1.29 is 0 Å². The van der Waals surface area contributed by atoms with Gasteiger partial charge in [0, 0.05) is 10.2 Å². The van der Waals surface area contributed by atoms with Crippen LogP contribution in [-0.2, 0) is 6.42 Å². The van der Waals surface area contributed by atoms with Crippen molar-refractivity contribution in [3.8, 4) is 0 Å². The number of halogens is 2. The van der Waals surface area contributed by atoms with E-state index >= 15 is 0 Å². The lowest BCUT2D eigenvalue weighted by Gasteiger charge is -1.93. The second-order valence-corrected chi connectivity index (χ2v) is 5.82. The first-order valence-corrected chi connectivity index (χ1v) is 6.28. The third kappa shape index (κ3) is 2.88. The quantitative estimate of drug-likeness (QED) is 0.736. The first-order valence-electron chi connectivity index (χ1n) is 3.55. The highest BCUT2D eigenvalue weighted by Gasteiger charge is 2.02. The molecule has 0 unspecified atom stereocenters. The van der Waals surface area contributed by atoms with Crippen LogP contribution in [0, 0.1) is 6.92 Å². The number of alkyl halides is 1. The van der Waals surface area contributed by atoms with Gasteiger partial charge >= 0.3 is 0 Å². The summed E-state index contributed by atoms with van der Waals surface area (Å²) in [6, 6.07) is 2.26. The molecule has 1 heterocycles. The minimum absolute atomic E-state index is 1.09. The van der Waals surface area contributed by atoms with Gasteiger partial charge in [0.15, 0.2) is 0 Å². The van der Waals surface area contributed by atoms with Crippen LogP contribution in [0.25, 0.3) is 0 Å². The van der Waals surface area contributed by atoms with Crippen molar-refractivity contribution >= 4 is 43.2 Å². The molecule has 0 nitrogen and oxygen atoms in total. The van der Waals surface area contributed by atoms with Crippen molar-refractivity contribution in [1.82, 2.24) is 0 Å². The van der Waals surface area contributed by atoms with Crippen molar-refractivity contribution in [3.05, 3.63) is 20.3 Å². The predicted molar refractivity (Wildman–Crippen MR) is 58.9 cm³/mol. The molecule has 0 aromatic carbocycles. The van der Waals surface area contributed by atoms with Crippen LogP contribution in [0.3, 0.4) is 0 Å². The number of aryl methyl sites for hydroxylation is 2. The molecule has 0 aliphatic heterocycles. The summed E-state index contributed by atoms with van der Waals surface area (Å²) in [5.41, 5.74) is 1.45. The highest BCUT2D eigenvalue weighted by atomic mass is 79.9. The average Bonchev–Trinajstić information content (AvgIpc) is 2.26. The van der Waals surface area contributed by atoms with E-state index in [-0.39, 0.29) is 0 Å². The molecule has 11 heavy (non-hydrogen) atoms. The Hall–Kier alpha value is 0.660. The van der Waals surface area contributed by atoms with E-state index in [0.717, 1.165) is 5.33 Å². The molecule has 0 aliphatic carbocycles. The third-order valence-corrected chi connectivity index (χ3v) is 3.90. The summed E-state index contributed by atoms with van der Waals surface area (Å²) in [5, 5.41) is 1.09. The van der Waals surface area contributed by atoms with Crippen molar-refractivity contribution in [3.63, 3.8) is 0 Å². The maximum atomic E-state index is 3.55. The lowest BCUT2D eigenvalue weighted by Crippen LogP contribution is -1.82. The molecule has 0 atom stereocenters. The summed E-state index contributed by atoms with van der Waals surface area (Å²) in [6.45, 7) is 2.15. The number of rotatable bonds is 3. The van der Waals surface area contributed by atoms with Gasteiger partial charge in [0.1, 0.15) is 0 Å². The standard InChI is InChI=1S/C8H10Br2S/c1-6-5-7(3-2-4-9)8(10)11-6/h5H,2-4H2,1H3. The fourth-order valence-electron chi connectivity index (χ4n) is 0.966. The Labute approximate surface area is 88.3 Å². The van der Waals surface area contributed by atoms with E-state index in [2.05, 4.69) is 44.8 Å². The molecule has 1 aromatic heterocycles. The van der Waals surface area contributed by atoms with E-state index < -0.39 is 0 Å². The molecule has 0 fully saturated rings. The van der Waals surface area contributed by atoms with Crippen LogP contribution in [0.1, 0.15) is 16.9 Å². The summed E-state index contributed by atoms with van der Waals surface area (Å²) in [4.78, 5) is 1.39.